The Balaban J connectivity index is 0.000000252. The molecule has 3 aromatic heterocycles. The predicted molar refractivity (Wildman–Crippen MR) is 253 cm³/mol. The minimum absolute atomic E-state index is 0.0209. The van der Waals surface area contributed by atoms with Crippen LogP contribution in [0.4, 0.5) is 22.7 Å². The Kier molecular flexibility index (Phi) is 15.9. The Morgan fingerprint density at radius 1 is 0.869 bits per heavy atom. The summed E-state index contributed by atoms with van der Waals surface area (Å²) in [5.41, 5.74) is 10.6. The molecule has 0 saturated carbocycles. The molecule has 1 aliphatic heterocycles. The van der Waals surface area contributed by atoms with Gasteiger partial charge in [-0.15, -0.1) is 20.4 Å². The average molecular weight is 852 g/mol. The summed E-state index contributed by atoms with van der Waals surface area (Å²) >= 11 is 6.05. The molecule has 0 saturated heterocycles. The van der Waals surface area contributed by atoms with Crippen LogP contribution in [0.25, 0.3) is 5.65 Å². The summed E-state index contributed by atoms with van der Waals surface area (Å²) in [6, 6.07) is 14.0. The maximum Gasteiger partial charge on any atom is 0.274 e. The number of aromatic nitrogens is 5. The number of hydrogen-bond donors (Lipinski definition) is 1. The molecule has 0 spiro atoms. The highest BCUT2D eigenvalue weighted by Crippen LogP contribution is 2.37. The minimum Gasteiger partial charge on any atom is -0.494 e. The highest BCUT2D eigenvalue weighted by molar-refractivity contribution is 6.50. The van der Waals surface area contributed by atoms with Crippen LogP contribution < -0.4 is 15.2 Å². The second-order valence-corrected chi connectivity index (χ2v) is 18.0. The van der Waals surface area contributed by atoms with Crippen LogP contribution in [-0.2, 0) is 11.8 Å². The van der Waals surface area contributed by atoms with Gasteiger partial charge in [0.1, 0.15) is 23.0 Å². The number of rotatable bonds is 16. The van der Waals surface area contributed by atoms with Gasteiger partial charge in [-0.2, -0.15) is 9.78 Å². The predicted octanol–water partition coefficient (Wildman–Crippen LogP) is 12.8. The molecular formula is C48H67ClN10O2. The minimum atomic E-state index is -0.153. The monoisotopic (exact) mass is 851 g/mol. The quantitative estimate of drug-likeness (QED) is 0.0988. The number of unbranched alkanes of at least 4 members (excludes halogenated alkanes) is 3. The Labute approximate surface area is 367 Å². The number of methoxy groups -OCH3 is 1. The van der Waals surface area contributed by atoms with Gasteiger partial charge >= 0.3 is 0 Å². The summed E-state index contributed by atoms with van der Waals surface area (Å²) < 4.78 is 8.73. The van der Waals surface area contributed by atoms with Crippen molar-refractivity contribution >= 4 is 51.4 Å². The first-order valence-electron chi connectivity index (χ1n) is 22.1. The van der Waals surface area contributed by atoms with Crippen molar-refractivity contribution in [1.29, 1.82) is 0 Å². The second kappa shape index (κ2) is 20.6. The lowest BCUT2D eigenvalue weighted by Gasteiger charge is -2.25. The summed E-state index contributed by atoms with van der Waals surface area (Å²) in [4.78, 5) is 21.3. The number of aliphatic imine (C=N–C) groups is 1. The van der Waals surface area contributed by atoms with E-state index < -0.39 is 0 Å². The first-order valence-corrected chi connectivity index (χ1v) is 22.4. The molecule has 4 heterocycles. The number of nitrogens with zero attached hydrogens (tertiary/aromatic N) is 9. The average Bonchev–Trinajstić information content (AvgIpc) is 3.90. The number of halogens is 1. The molecule has 0 fully saturated rings. The number of H-pyrrole nitrogens is 1. The third-order valence-electron chi connectivity index (χ3n) is 10.9. The Bertz CT molecular complexity index is 2440. The third-order valence-corrected chi connectivity index (χ3v) is 11.2. The van der Waals surface area contributed by atoms with Crippen molar-refractivity contribution in [2.45, 2.75) is 139 Å². The number of ether oxygens (including phenoxy) is 1. The van der Waals surface area contributed by atoms with Gasteiger partial charge in [-0.1, -0.05) is 100 Å². The van der Waals surface area contributed by atoms with Crippen molar-refractivity contribution in [3.63, 3.8) is 0 Å². The van der Waals surface area contributed by atoms with Gasteiger partial charge in [-0.05, 0) is 105 Å². The van der Waals surface area contributed by atoms with E-state index in [-0.39, 0.29) is 22.8 Å². The zero-order valence-electron chi connectivity index (χ0n) is 38.8. The van der Waals surface area contributed by atoms with Gasteiger partial charge in [0, 0.05) is 34.8 Å². The number of aromatic amines is 1. The standard InChI is InChI=1S/C32H48N4O.C16H19ClN6O/c1-9-12-15-26-27(22(4)5)21-29-31(30(23(6)7)34-36(29)32(26)37)33-28-17-16-25(20-24(28)8)35(18-13-10-2)19-14-11-3;1-9-18-21-15-13(14(16(2,3)4)22-23(9)15)20-19-11-8-10(17)6-7-12(11)24-5/h16-17,20-23H,9-15,18-19H2,1-8H3;6-8,22H,1-5H3. The molecule has 1 N–H and O–H groups in total. The van der Waals surface area contributed by atoms with Crippen LogP contribution in [0, 0.1) is 19.8 Å². The second-order valence-electron chi connectivity index (χ2n) is 17.6. The fourth-order valence-electron chi connectivity index (χ4n) is 7.37. The third kappa shape index (κ3) is 10.9. The van der Waals surface area contributed by atoms with Crippen molar-refractivity contribution in [3.8, 4) is 5.75 Å². The summed E-state index contributed by atoms with van der Waals surface area (Å²) in [7, 11) is 1.58. The topological polar surface area (TPSA) is 130 Å². The normalized spacial score (nSPS) is 13.4. The maximum atomic E-state index is 13.6. The van der Waals surface area contributed by atoms with Crippen molar-refractivity contribution in [3.05, 3.63) is 91.7 Å². The summed E-state index contributed by atoms with van der Waals surface area (Å²) in [5.74, 6) is 1.80. The van der Waals surface area contributed by atoms with Crippen LogP contribution in [0.3, 0.4) is 0 Å². The SMILES string of the molecule is CCCCc1c(C(C)C)cc2n(c1=O)N=C(C(C)C)C2=Nc1ccc(N(CCCC)CCCC)cc1C.COc1ccc(Cl)cc1N=Nc1c(C(C)(C)C)[nH]n2c(C)nnc12. The van der Waals surface area contributed by atoms with E-state index in [9.17, 15) is 4.79 Å². The first kappa shape index (κ1) is 47.0. The van der Waals surface area contributed by atoms with E-state index in [4.69, 9.17) is 26.4 Å². The van der Waals surface area contributed by atoms with Gasteiger partial charge in [0.25, 0.3) is 5.56 Å². The highest BCUT2D eigenvalue weighted by Gasteiger charge is 2.30. The lowest BCUT2D eigenvalue weighted by Crippen LogP contribution is -2.26. The maximum absolute atomic E-state index is 13.6. The van der Waals surface area contributed by atoms with Gasteiger partial charge in [-0.25, -0.2) is 9.51 Å². The lowest BCUT2D eigenvalue weighted by atomic mass is 9.91. The van der Waals surface area contributed by atoms with E-state index >= 15 is 0 Å². The van der Waals surface area contributed by atoms with Gasteiger partial charge < -0.3 is 9.64 Å². The Hall–Kier alpha value is -5.10. The van der Waals surface area contributed by atoms with Crippen molar-refractivity contribution in [2.75, 3.05) is 25.1 Å². The number of pyridine rings is 1. The van der Waals surface area contributed by atoms with Crippen molar-refractivity contribution < 1.29 is 4.74 Å². The Morgan fingerprint density at radius 2 is 1.56 bits per heavy atom. The molecule has 0 radical (unpaired) electrons. The largest absolute Gasteiger partial charge is 0.494 e. The lowest BCUT2D eigenvalue weighted by molar-refractivity contribution is 0.416. The van der Waals surface area contributed by atoms with E-state index in [1.165, 1.54) is 31.4 Å². The number of aryl methyl sites for hydroxylation is 2. The molecule has 0 bridgehead atoms. The summed E-state index contributed by atoms with van der Waals surface area (Å²) in [6.45, 7) is 27.7. The molecule has 1 aliphatic rings. The number of azo groups is 1. The fourth-order valence-corrected chi connectivity index (χ4v) is 7.54. The van der Waals surface area contributed by atoms with Crippen LogP contribution >= 0.6 is 11.6 Å². The molecule has 0 unspecified atom stereocenters. The zero-order chi connectivity index (χ0) is 44.6. The van der Waals surface area contributed by atoms with Crippen molar-refractivity contribution in [1.82, 2.24) is 24.5 Å². The number of anilines is 1. The molecule has 2 aromatic carbocycles. The highest BCUT2D eigenvalue weighted by atomic mass is 35.5. The van der Waals surface area contributed by atoms with Gasteiger partial charge in [0.05, 0.1) is 29.9 Å². The number of nitrogens with one attached hydrogen (secondary N) is 1. The van der Waals surface area contributed by atoms with E-state index in [0.29, 0.717) is 27.8 Å². The smallest absolute Gasteiger partial charge is 0.274 e. The van der Waals surface area contributed by atoms with Gasteiger partial charge in [0.15, 0.2) is 5.69 Å². The molecule has 5 aromatic rings. The Morgan fingerprint density at radius 3 is 2.15 bits per heavy atom. The molecule has 0 amide bonds. The number of benzene rings is 2. The molecule has 12 nitrogen and oxygen atoms in total. The van der Waals surface area contributed by atoms with Crippen LogP contribution in [-0.4, -0.2) is 56.1 Å². The molecule has 0 aliphatic carbocycles. The molecule has 6 rings (SSSR count). The molecule has 13 heteroatoms. The summed E-state index contributed by atoms with van der Waals surface area (Å²) in [5, 5.41) is 25.7. The molecular weight excluding hydrogens is 784 g/mol. The van der Waals surface area contributed by atoms with E-state index in [2.05, 4.69) is 131 Å². The van der Waals surface area contributed by atoms with Gasteiger partial charge in [0.2, 0.25) is 5.65 Å². The summed E-state index contributed by atoms with van der Waals surface area (Å²) in [6.07, 6.45) is 7.67. The molecule has 61 heavy (non-hydrogen) atoms. The van der Waals surface area contributed by atoms with Crippen LogP contribution in [0.5, 0.6) is 5.75 Å². The fraction of sp³-hybridized carbons (Fsp3) is 0.521. The van der Waals surface area contributed by atoms with Gasteiger partial charge in [-0.3, -0.25) is 9.89 Å². The van der Waals surface area contributed by atoms with Crippen LogP contribution in [0.15, 0.2) is 67.6 Å². The number of hydrogen-bond acceptors (Lipinski definition) is 9. The van der Waals surface area contributed by atoms with E-state index in [0.717, 1.165) is 83.4 Å². The molecule has 0 atom stereocenters. The molecule has 328 valence electrons. The van der Waals surface area contributed by atoms with Crippen LogP contribution in [0.2, 0.25) is 5.02 Å². The van der Waals surface area contributed by atoms with E-state index in [1.54, 1.807) is 30.0 Å². The number of fused-ring (bicyclic) bond motifs is 2. The van der Waals surface area contributed by atoms with E-state index in [1.807, 2.05) is 11.4 Å². The first-order chi connectivity index (χ1) is 29.0. The van der Waals surface area contributed by atoms with Crippen LogP contribution in [0.1, 0.15) is 148 Å². The van der Waals surface area contributed by atoms with Crippen molar-refractivity contribution in [2.24, 2.45) is 26.2 Å². The zero-order valence-corrected chi connectivity index (χ0v) is 39.5.